The summed E-state index contributed by atoms with van der Waals surface area (Å²) in [7, 11) is 1.95. The van der Waals surface area contributed by atoms with Crippen LogP contribution in [0.15, 0.2) is 18.5 Å². The van der Waals surface area contributed by atoms with Gasteiger partial charge in [-0.25, -0.2) is 8.78 Å². The van der Waals surface area contributed by atoms with Crippen molar-refractivity contribution < 1.29 is 13.6 Å². The minimum Gasteiger partial charge on any atom is -0.361 e. The molecular weight excluding hydrogens is 408 g/mol. The summed E-state index contributed by atoms with van der Waals surface area (Å²) >= 11 is 0. The molecule has 1 N–H and O–H groups in total. The van der Waals surface area contributed by atoms with Crippen LogP contribution < -0.4 is 10.2 Å². The number of hydrogen-bond acceptors (Lipinski definition) is 4. The van der Waals surface area contributed by atoms with Gasteiger partial charge in [0, 0.05) is 31.8 Å². The van der Waals surface area contributed by atoms with E-state index in [1.165, 1.54) is 0 Å². The number of carbonyl (C=O) groups is 1. The second kappa shape index (κ2) is 8.17. The van der Waals surface area contributed by atoms with E-state index in [0.29, 0.717) is 0 Å². The number of halogens is 2. The number of amides is 1. The first-order chi connectivity index (χ1) is 13.6. The van der Waals surface area contributed by atoms with E-state index in [4.69, 9.17) is 0 Å². The number of alkyl halides is 2. The summed E-state index contributed by atoms with van der Waals surface area (Å²) in [6, 6.07) is 1.62. The number of nitrogens with one attached hydrogen (secondary N) is 1. The molecular formula is C21H29F2N5OS. The van der Waals surface area contributed by atoms with Gasteiger partial charge in [0.1, 0.15) is 6.04 Å². The van der Waals surface area contributed by atoms with Crippen molar-refractivity contribution in [2.75, 3.05) is 17.3 Å². The molecule has 30 heavy (non-hydrogen) atoms. The van der Waals surface area contributed by atoms with Crippen LogP contribution >= 0.6 is 13.5 Å². The molecule has 1 fully saturated rings. The first-order valence-corrected chi connectivity index (χ1v) is 10.1. The van der Waals surface area contributed by atoms with Crippen LogP contribution in [0.2, 0.25) is 0 Å². The molecule has 0 spiro atoms. The molecule has 1 amide bonds. The van der Waals surface area contributed by atoms with E-state index < -0.39 is 5.92 Å². The van der Waals surface area contributed by atoms with Crippen LogP contribution in [0.4, 0.5) is 20.2 Å². The molecule has 1 saturated carbocycles. The molecule has 0 saturated heterocycles. The predicted octanol–water partition coefficient (Wildman–Crippen LogP) is 3.87. The van der Waals surface area contributed by atoms with E-state index >= 15 is 0 Å². The van der Waals surface area contributed by atoms with Gasteiger partial charge in [0.05, 0.1) is 29.3 Å². The third-order valence-electron chi connectivity index (χ3n) is 5.95. The quantitative estimate of drug-likeness (QED) is 0.771. The van der Waals surface area contributed by atoms with Crippen LogP contribution in [0.5, 0.6) is 0 Å². The largest absolute Gasteiger partial charge is 0.361 e. The molecule has 0 radical (unpaired) electrons. The number of rotatable bonds is 5. The van der Waals surface area contributed by atoms with Crippen LogP contribution in [0, 0.1) is 12.8 Å². The number of likely N-dealkylation sites (N-methyl/N-ethyl adjacent to an activating group) is 1. The second-order valence-corrected chi connectivity index (χ2v) is 8.63. The van der Waals surface area contributed by atoms with Crippen molar-refractivity contribution in [2.45, 2.75) is 64.5 Å². The summed E-state index contributed by atoms with van der Waals surface area (Å²) in [6.07, 6.45) is 4.81. The Morgan fingerprint density at radius 3 is 2.63 bits per heavy atom. The number of carbonyl (C=O) groups excluding carboxylic acids is 1. The number of aryl methyl sites for hydroxylation is 3. The molecule has 2 aromatic rings. The molecule has 9 heteroatoms. The highest BCUT2D eigenvalue weighted by atomic mass is 32.1. The Labute approximate surface area is 182 Å². The Morgan fingerprint density at radius 1 is 1.30 bits per heavy atom. The third kappa shape index (κ3) is 4.17. The van der Waals surface area contributed by atoms with E-state index in [1.807, 2.05) is 45.0 Å². The maximum atomic E-state index is 13.1. The highest BCUT2D eigenvalue weighted by Gasteiger charge is 2.46. The minimum absolute atomic E-state index is 0. The van der Waals surface area contributed by atoms with E-state index in [0.717, 1.165) is 41.2 Å². The first kappa shape index (κ1) is 22.5. The SMILES string of the molecule is Cc1nc(CCc2cnn(C3CC(F)(F)C3)c2)cc2c1NC(=O)[C@H](C(C)C)N2C.S. The van der Waals surface area contributed by atoms with Crippen LogP contribution in [0.25, 0.3) is 0 Å². The third-order valence-corrected chi connectivity index (χ3v) is 5.95. The summed E-state index contributed by atoms with van der Waals surface area (Å²) in [5.74, 6) is -2.35. The van der Waals surface area contributed by atoms with Gasteiger partial charge in [-0.05, 0) is 37.3 Å². The molecule has 0 unspecified atom stereocenters. The second-order valence-electron chi connectivity index (χ2n) is 8.63. The summed E-state index contributed by atoms with van der Waals surface area (Å²) in [4.78, 5) is 19.1. The number of pyridine rings is 1. The zero-order chi connectivity index (χ0) is 20.9. The Hall–Kier alpha value is -2.16. The summed E-state index contributed by atoms with van der Waals surface area (Å²) in [5.41, 5.74) is 4.51. The van der Waals surface area contributed by atoms with Crippen molar-refractivity contribution in [1.82, 2.24) is 14.8 Å². The van der Waals surface area contributed by atoms with Crippen LogP contribution in [0.3, 0.4) is 0 Å². The molecule has 3 heterocycles. The van der Waals surface area contributed by atoms with Crippen LogP contribution in [-0.4, -0.2) is 39.7 Å². The van der Waals surface area contributed by atoms with Gasteiger partial charge in [-0.15, -0.1) is 0 Å². The molecule has 4 rings (SSSR count). The fourth-order valence-corrected chi connectivity index (χ4v) is 4.35. The summed E-state index contributed by atoms with van der Waals surface area (Å²) in [5, 5.41) is 7.27. The topological polar surface area (TPSA) is 63.1 Å². The van der Waals surface area contributed by atoms with Gasteiger partial charge in [-0.2, -0.15) is 18.6 Å². The monoisotopic (exact) mass is 437 g/mol. The maximum Gasteiger partial charge on any atom is 0.252 e. The van der Waals surface area contributed by atoms with Crippen molar-refractivity contribution in [1.29, 1.82) is 0 Å². The van der Waals surface area contributed by atoms with Gasteiger partial charge < -0.3 is 10.2 Å². The highest BCUT2D eigenvalue weighted by molar-refractivity contribution is 7.59. The highest BCUT2D eigenvalue weighted by Crippen LogP contribution is 2.45. The van der Waals surface area contributed by atoms with E-state index in [-0.39, 0.29) is 50.2 Å². The van der Waals surface area contributed by atoms with Gasteiger partial charge in [-0.3, -0.25) is 14.5 Å². The fourth-order valence-electron chi connectivity index (χ4n) is 4.35. The molecule has 2 aliphatic rings. The van der Waals surface area contributed by atoms with Crippen LogP contribution in [0.1, 0.15) is 49.7 Å². The molecule has 2 aromatic heterocycles. The van der Waals surface area contributed by atoms with E-state index in [9.17, 15) is 13.6 Å². The lowest BCUT2D eigenvalue weighted by Crippen LogP contribution is -2.49. The Balaban J connectivity index is 0.00000256. The van der Waals surface area contributed by atoms with Gasteiger partial charge >= 0.3 is 0 Å². The minimum atomic E-state index is -2.54. The predicted molar refractivity (Wildman–Crippen MR) is 118 cm³/mol. The normalized spacial score (nSPS) is 20.4. The summed E-state index contributed by atoms with van der Waals surface area (Å²) < 4.78 is 27.8. The zero-order valence-corrected chi connectivity index (χ0v) is 18.7. The first-order valence-electron chi connectivity index (χ1n) is 10.1. The van der Waals surface area contributed by atoms with Crippen molar-refractivity contribution in [3.8, 4) is 0 Å². The zero-order valence-electron chi connectivity index (χ0n) is 17.7. The van der Waals surface area contributed by atoms with Gasteiger partial charge in [0.25, 0.3) is 5.92 Å². The molecule has 164 valence electrons. The van der Waals surface area contributed by atoms with Crippen molar-refractivity contribution >= 4 is 30.8 Å². The Kier molecular flexibility index (Phi) is 6.13. The lowest BCUT2D eigenvalue weighted by Gasteiger charge is -2.38. The lowest BCUT2D eigenvalue weighted by atomic mass is 9.88. The number of aromatic nitrogens is 3. The van der Waals surface area contributed by atoms with Crippen molar-refractivity contribution in [3.05, 3.63) is 35.4 Å². The average Bonchev–Trinajstić information content (AvgIpc) is 3.07. The molecule has 0 bridgehead atoms. The Morgan fingerprint density at radius 2 is 2.00 bits per heavy atom. The number of anilines is 2. The molecule has 1 aliphatic carbocycles. The molecule has 1 atom stereocenters. The standard InChI is InChI=1S/C21H27F2N5O.H2S/c1-12(2)19-20(29)26-18-13(3)25-15(7-17(18)27(19)4)6-5-14-10-24-28(11-14)16-8-21(22,23)9-16;/h7,10-12,16,19H,5-6,8-9H2,1-4H3,(H,26,29);1H2/t19-;/m0./s1. The fraction of sp³-hybridized carbons (Fsp3) is 0.571. The Bertz CT molecular complexity index is 937. The van der Waals surface area contributed by atoms with Crippen molar-refractivity contribution in [3.63, 3.8) is 0 Å². The number of hydrogen-bond donors (Lipinski definition) is 1. The van der Waals surface area contributed by atoms with Gasteiger partial charge in [-0.1, -0.05) is 13.8 Å². The van der Waals surface area contributed by atoms with E-state index in [2.05, 4.69) is 15.4 Å². The maximum absolute atomic E-state index is 13.1. The van der Waals surface area contributed by atoms with Gasteiger partial charge in [0.2, 0.25) is 5.91 Å². The number of fused-ring (bicyclic) bond motifs is 1. The van der Waals surface area contributed by atoms with E-state index in [1.54, 1.807) is 10.9 Å². The smallest absolute Gasteiger partial charge is 0.252 e. The molecule has 6 nitrogen and oxygen atoms in total. The van der Waals surface area contributed by atoms with Crippen molar-refractivity contribution in [2.24, 2.45) is 5.92 Å². The van der Waals surface area contributed by atoms with Gasteiger partial charge in [0.15, 0.2) is 0 Å². The number of nitrogens with zero attached hydrogens (tertiary/aromatic N) is 4. The summed E-state index contributed by atoms with van der Waals surface area (Å²) in [6.45, 7) is 5.98. The lowest BCUT2D eigenvalue weighted by molar-refractivity contribution is -0.118. The average molecular weight is 438 g/mol. The molecule has 0 aromatic carbocycles. The molecule has 1 aliphatic heterocycles. The van der Waals surface area contributed by atoms with Crippen LogP contribution in [-0.2, 0) is 17.6 Å².